The molecule has 25 heavy (non-hydrogen) atoms. The molecule has 0 spiro atoms. The molecule has 0 radical (unpaired) electrons. The number of hydrogen-bond donors (Lipinski definition) is 1. The summed E-state index contributed by atoms with van der Waals surface area (Å²) in [6.45, 7) is 0.295. The molecule has 1 N–H and O–H groups in total. The van der Waals surface area contributed by atoms with Gasteiger partial charge in [0.25, 0.3) is 5.91 Å². The fourth-order valence-electron chi connectivity index (χ4n) is 2.10. The Kier molecular flexibility index (Phi) is 5.73. The van der Waals surface area contributed by atoms with Crippen molar-refractivity contribution in [3.8, 4) is 0 Å². The summed E-state index contributed by atoms with van der Waals surface area (Å²) in [6, 6.07) is 12.0. The third kappa shape index (κ3) is 4.54. The third-order valence-electron chi connectivity index (χ3n) is 3.59. The first-order valence-electron chi connectivity index (χ1n) is 7.38. The van der Waals surface area contributed by atoms with Gasteiger partial charge in [-0.2, -0.15) is 8.78 Å². The van der Waals surface area contributed by atoms with E-state index in [4.69, 9.17) is 0 Å². The molecule has 0 bridgehead atoms. The molecule has 5 nitrogen and oxygen atoms in total. The van der Waals surface area contributed by atoms with E-state index in [1.165, 1.54) is 12.1 Å². The molecule has 0 heterocycles. The quantitative estimate of drug-likeness (QED) is 0.851. The number of anilines is 1. The molecule has 0 aliphatic rings. The van der Waals surface area contributed by atoms with Gasteiger partial charge in [0.2, 0.25) is 9.84 Å². The molecule has 134 valence electrons. The van der Waals surface area contributed by atoms with Crippen LogP contribution in [0.5, 0.6) is 0 Å². The molecule has 8 heteroatoms. The summed E-state index contributed by atoms with van der Waals surface area (Å²) in [5.74, 6) is -3.91. The standard InChI is InChI=1S/C17H18F2N2O3S/c1-21(2)14-7-3-12(4-8-14)11-20-16(22)13-5-9-15(10-6-13)25(23,24)17(18)19/h3-10,17H,11H2,1-2H3,(H,20,22). The van der Waals surface area contributed by atoms with Crippen molar-refractivity contribution < 1.29 is 22.0 Å². The third-order valence-corrected chi connectivity index (χ3v) is 4.98. The van der Waals surface area contributed by atoms with E-state index in [2.05, 4.69) is 5.32 Å². The summed E-state index contributed by atoms with van der Waals surface area (Å²) >= 11 is 0. The first kappa shape index (κ1) is 18.9. The van der Waals surface area contributed by atoms with Crippen LogP contribution >= 0.6 is 0 Å². The van der Waals surface area contributed by atoms with Crippen LogP contribution in [0.3, 0.4) is 0 Å². The normalized spacial score (nSPS) is 11.4. The smallest absolute Gasteiger partial charge is 0.341 e. The van der Waals surface area contributed by atoms with Crippen molar-refractivity contribution in [1.29, 1.82) is 0 Å². The van der Waals surface area contributed by atoms with E-state index in [0.717, 1.165) is 23.4 Å². The Morgan fingerprint density at radius 3 is 2.08 bits per heavy atom. The zero-order chi connectivity index (χ0) is 18.6. The summed E-state index contributed by atoms with van der Waals surface area (Å²) in [6.07, 6.45) is 0. The monoisotopic (exact) mass is 368 g/mol. The molecule has 0 saturated heterocycles. The number of amides is 1. The number of carbonyl (C=O) groups is 1. The SMILES string of the molecule is CN(C)c1ccc(CNC(=O)c2ccc(S(=O)(=O)C(F)F)cc2)cc1. The van der Waals surface area contributed by atoms with E-state index in [1.807, 2.05) is 43.3 Å². The van der Waals surface area contributed by atoms with E-state index in [-0.39, 0.29) is 5.56 Å². The lowest BCUT2D eigenvalue weighted by Gasteiger charge is -2.13. The predicted octanol–water partition coefficient (Wildman–Crippen LogP) is 2.68. The second kappa shape index (κ2) is 7.60. The second-order valence-corrected chi connectivity index (χ2v) is 7.49. The summed E-state index contributed by atoms with van der Waals surface area (Å²) in [4.78, 5) is 13.5. The van der Waals surface area contributed by atoms with Gasteiger partial charge in [-0.05, 0) is 42.0 Å². The molecule has 2 aromatic rings. The van der Waals surface area contributed by atoms with Crippen molar-refractivity contribution in [2.24, 2.45) is 0 Å². The second-order valence-electron chi connectivity index (χ2n) is 5.57. The minimum absolute atomic E-state index is 0.193. The van der Waals surface area contributed by atoms with Crippen molar-refractivity contribution in [2.45, 2.75) is 17.2 Å². The molecule has 2 aromatic carbocycles. The van der Waals surface area contributed by atoms with Gasteiger partial charge in [0, 0.05) is 31.9 Å². The molecule has 2 rings (SSSR count). The van der Waals surface area contributed by atoms with Gasteiger partial charge in [0.05, 0.1) is 4.90 Å². The maximum Gasteiger partial charge on any atom is 0.341 e. The van der Waals surface area contributed by atoms with Crippen molar-refractivity contribution in [3.05, 3.63) is 59.7 Å². The highest BCUT2D eigenvalue weighted by molar-refractivity contribution is 7.91. The Bertz CT molecular complexity index is 833. The molecule has 0 aromatic heterocycles. The van der Waals surface area contributed by atoms with Gasteiger partial charge < -0.3 is 10.2 Å². The highest BCUT2D eigenvalue weighted by Gasteiger charge is 2.26. The van der Waals surface area contributed by atoms with Crippen LogP contribution in [0.15, 0.2) is 53.4 Å². The lowest BCUT2D eigenvalue weighted by atomic mass is 10.2. The Morgan fingerprint density at radius 2 is 1.60 bits per heavy atom. The molecular formula is C17H18F2N2O3S. The Balaban J connectivity index is 2.01. The van der Waals surface area contributed by atoms with Crippen molar-refractivity contribution in [1.82, 2.24) is 5.32 Å². The highest BCUT2D eigenvalue weighted by Crippen LogP contribution is 2.18. The van der Waals surface area contributed by atoms with Crippen LogP contribution in [-0.2, 0) is 16.4 Å². The minimum Gasteiger partial charge on any atom is -0.378 e. The zero-order valence-electron chi connectivity index (χ0n) is 13.7. The first-order chi connectivity index (χ1) is 11.7. The first-order valence-corrected chi connectivity index (χ1v) is 8.93. The number of rotatable bonds is 6. The van der Waals surface area contributed by atoms with Gasteiger partial charge in [-0.25, -0.2) is 8.42 Å². The van der Waals surface area contributed by atoms with Crippen LogP contribution in [0.2, 0.25) is 0 Å². The van der Waals surface area contributed by atoms with Gasteiger partial charge >= 0.3 is 5.76 Å². The number of hydrogen-bond acceptors (Lipinski definition) is 4. The number of sulfone groups is 1. The number of benzene rings is 2. The fraction of sp³-hybridized carbons (Fsp3) is 0.235. The molecule has 0 aliphatic carbocycles. The Morgan fingerprint density at radius 1 is 1.04 bits per heavy atom. The predicted molar refractivity (Wildman–Crippen MR) is 91.6 cm³/mol. The lowest BCUT2D eigenvalue weighted by molar-refractivity contribution is 0.0951. The van der Waals surface area contributed by atoms with Crippen LogP contribution in [0, 0.1) is 0 Å². The van der Waals surface area contributed by atoms with E-state index in [1.54, 1.807) is 0 Å². The van der Waals surface area contributed by atoms with E-state index >= 15 is 0 Å². The molecule has 0 fully saturated rings. The number of carbonyl (C=O) groups excluding carboxylic acids is 1. The fourth-order valence-corrected chi connectivity index (χ4v) is 2.82. The largest absolute Gasteiger partial charge is 0.378 e. The number of alkyl halides is 2. The van der Waals surface area contributed by atoms with E-state index < -0.39 is 26.4 Å². The van der Waals surface area contributed by atoms with Crippen LogP contribution in [0.25, 0.3) is 0 Å². The van der Waals surface area contributed by atoms with Crippen LogP contribution in [0.4, 0.5) is 14.5 Å². The van der Waals surface area contributed by atoms with E-state index in [0.29, 0.717) is 6.54 Å². The maximum absolute atomic E-state index is 12.5. The topological polar surface area (TPSA) is 66.5 Å². The van der Waals surface area contributed by atoms with Gasteiger partial charge in [-0.1, -0.05) is 12.1 Å². The molecular weight excluding hydrogens is 350 g/mol. The molecule has 1 amide bonds. The Hall–Kier alpha value is -2.48. The highest BCUT2D eigenvalue weighted by atomic mass is 32.2. The summed E-state index contributed by atoms with van der Waals surface area (Å²) in [5.41, 5.74) is 2.12. The number of nitrogens with zero attached hydrogens (tertiary/aromatic N) is 1. The lowest BCUT2D eigenvalue weighted by Crippen LogP contribution is -2.23. The average Bonchev–Trinajstić information content (AvgIpc) is 2.60. The molecule has 0 unspecified atom stereocenters. The summed E-state index contributed by atoms with van der Waals surface area (Å²) in [7, 11) is -0.804. The molecule has 0 aliphatic heterocycles. The Labute approximate surface area is 145 Å². The minimum atomic E-state index is -4.65. The van der Waals surface area contributed by atoms with Crippen molar-refractivity contribution in [2.75, 3.05) is 19.0 Å². The van der Waals surface area contributed by atoms with Gasteiger partial charge in [-0.15, -0.1) is 0 Å². The van der Waals surface area contributed by atoms with Crippen LogP contribution in [0.1, 0.15) is 15.9 Å². The van der Waals surface area contributed by atoms with E-state index in [9.17, 15) is 22.0 Å². The van der Waals surface area contributed by atoms with Crippen LogP contribution in [-0.4, -0.2) is 34.2 Å². The average molecular weight is 368 g/mol. The number of nitrogens with one attached hydrogen (secondary N) is 1. The number of halogens is 2. The van der Waals surface area contributed by atoms with Gasteiger partial charge in [0.1, 0.15) is 0 Å². The maximum atomic E-state index is 12.5. The van der Waals surface area contributed by atoms with Gasteiger partial charge in [-0.3, -0.25) is 4.79 Å². The van der Waals surface area contributed by atoms with Crippen molar-refractivity contribution >= 4 is 21.4 Å². The molecule has 0 atom stereocenters. The van der Waals surface area contributed by atoms with Gasteiger partial charge in [0.15, 0.2) is 0 Å². The zero-order valence-corrected chi connectivity index (χ0v) is 14.6. The van der Waals surface area contributed by atoms with Crippen molar-refractivity contribution in [3.63, 3.8) is 0 Å². The summed E-state index contributed by atoms with van der Waals surface area (Å²) < 4.78 is 47.6. The van der Waals surface area contributed by atoms with Crippen LogP contribution < -0.4 is 10.2 Å². The molecule has 0 saturated carbocycles. The summed E-state index contributed by atoms with van der Waals surface area (Å²) in [5, 5.41) is 2.69.